The van der Waals surface area contributed by atoms with E-state index in [1.807, 2.05) is 19.2 Å². The Labute approximate surface area is 111 Å². The van der Waals surface area contributed by atoms with Crippen molar-refractivity contribution < 1.29 is 4.74 Å². The molecule has 0 fully saturated rings. The molecule has 0 bridgehead atoms. The van der Waals surface area contributed by atoms with Crippen LogP contribution in [0.5, 0.6) is 5.75 Å². The number of nitrogens with one attached hydrogen (secondary N) is 1. The molecule has 18 heavy (non-hydrogen) atoms. The van der Waals surface area contributed by atoms with E-state index in [4.69, 9.17) is 4.74 Å². The van der Waals surface area contributed by atoms with E-state index in [1.54, 1.807) is 7.11 Å². The van der Waals surface area contributed by atoms with Crippen molar-refractivity contribution in [2.75, 3.05) is 27.7 Å². The van der Waals surface area contributed by atoms with Gasteiger partial charge in [-0.05, 0) is 39.5 Å². The molecule has 0 aromatic heterocycles. The van der Waals surface area contributed by atoms with Crippen LogP contribution in [0.4, 0.5) is 0 Å². The monoisotopic (exact) mass is 250 g/mol. The van der Waals surface area contributed by atoms with Gasteiger partial charge in [-0.1, -0.05) is 25.1 Å². The highest BCUT2D eigenvalue weighted by molar-refractivity contribution is 5.33. The molecule has 0 aliphatic carbocycles. The summed E-state index contributed by atoms with van der Waals surface area (Å²) in [4.78, 5) is 2.37. The van der Waals surface area contributed by atoms with Gasteiger partial charge in [-0.25, -0.2) is 0 Å². The predicted molar refractivity (Wildman–Crippen MR) is 77.0 cm³/mol. The lowest BCUT2D eigenvalue weighted by Gasteiger charge is -2.30. The van der Waals surface area contributed by atoms with Crippen LogP contribution < -0.4 is 10.1 Å². The topological polar surface area (TPSA) is 24.5 Å². The summed E-state index contributed by atoms with van der Waals surface area (Å²) in [5.41, 5.74) is 1.24. The normalized spacial score (nSPS) is 14.6. The van der Waals surface area contributed by atoms with Crippen LogP contribution in [-0.2, 0) is 6.54 Å². The van der Waals surface area contributed by atoms with E-state index in [-0.39, 0.29) is 0 Å². The molecule has 0 saturated carbocycles. The zero-order valence-corrected chi connectivity index (χ0v) is 12.2. The Hall–Kier alpha value is -1.06. The molecule has 3 heteroatoms. The zero-order valence-electron chi connectivity index (χ0n) is 12.2. The molecular formula is C15H26N2O. The van der Waals surface area contributed by atoms with E-state index in [0.29, 0.717) is 12.0 Å². The second-order valence-corrected chi connectivity index (χ2v) is 5.00. The summed E-state index contributed by atoms with van der Waals surface area (Å²) in [6, 6.07) is 8.75. The third-order valence-corrected chi connectivity index (χ3v) is 3.66. The average molecular weight is 250 g/mol. The minimum atomic E-state index is 0.530. The molecule has 0 radical (unpaired) electrons. The van der Waals surface area contributed by atoms with Gasteiger partial charge in [0.25, 0.3) is 0 Å². The lowest BCUT2D eigenvalue weighted by Crippen LogP contribution is -2.37. The van der Waals surface area contributed by atoms with Gasteiger partial charge in [0.1, 0.15) is 5.75 Å². The molecule has 1 rings (SSSR count). The highest BCUT2D eigenvalue weighted by atomic mass is 16.5. The molecule has 0 heterocycles. The Morgan fingerprint density at radius 1 is 1.28 bits per heavy atom. The van der Waals surface area contributed by atoms with Gasteiger partial charge in [0.2, 0.25) is 0 Å². The van der Waals surface area contributed by atoms with Gasteiger partial charge in [-0.2, -0.15) is 0 Å². The minimum absolute atomic E-state index is 0.530. The number of methoxy groups -OCH3 is 1. The van der Waals surface area contributed by atoms with E-state index in [9.17, 15) is 0 Å². The molecule has 1 N–H and O–H groups in total. The second-order valence-electron chi connectivity index (χ2n) is 5.00. The van der Waals surface area contributed by atoms with E-state index in [1.165, 1.54) is 5.56 Å². The van der Waals surface area contributed by atoms with Crippen molar-refractivity contribution in [2.24, 2.45) is 5.92 Å². The Morgan fingerprint density at radius 3 is 2.56 bits per heavy atom. The number of rotatable bonds is 7. The standard InChI is InChI=1S/C15H26N2O/c1-12(10-16-3)13(2)17(4)11-14-8-6-7-9-15(14)18-5/h6-9,12-13,16H,10-11H2,1-5H3. The highest BCUT2D eigenvalue weighted by Crippen LogP contribution is 2.20. The van der Waals surface area contributed by atoms with Gasteiger partial charge < -0.3 is 10.1 Å². The molecule has 1 aromatic rings. The maximum Gasteiger partial charge on any atom is 0.123 e. The lowest BCUT2D eigenvalue weighted by atomic mass is 10.0. The highest BCUT2D eigenvalue weighted by Gasteiger charge is 2.17. The van der Waals surface area contributed by atoms with Crippen LogP contribution in [0.2, 0.25) is 0 Å². The average Bonchev–Trinajstić information content (AvgIpc) is 2.38. The van der Waals surface area contributed by atoms with Crippen molar-refractivity contribution >= 4 is 0 Å². The fourth-order valence-electron chi connectivity index (χ4n) is 2.17. The van der Waals surface area contributed by atoms with Crippen molar-refractivity contribution in [2.45, 2.75) is 26.4 Å². The van der Waals surface area contributed by atoms with Crippen molar-refractivity contribution in [3.63, 3.8) is 0 Å². The number of nitrogens with zero attached hydrogens (tertiary/aromatic N) is 1. The summed E-state index contributed by atoms with van der Waals surface area (Å²) >= 11 is 0. The molecule has 1 aromatic carbocycles. The fourth-order valence-corrected chi connectivity index (χ4v) is 2.17. The predicted octanol–water partition coefficient (Wildman–Crippen LogP) is 2.37. The summed E-state index contributed by atoms with van der Waals surface area (Å²) in [7, 11) is 5.90. The van der Waals surface area contributed by atoms with Crippen LogP contribution in [0.3, 0.4) is 0 Å². The summed E-state index contributed by atoms with van der Waals surface area (Å²) in [6.07, 6.45) is 0. The SMILES string of the molecule is CNCC(C)C(C)N(C)Cc1ccccc1OC. The summed E-state index contributed by atoms with van der Waals surface area (Å²) in [5.74, 6) is 1.59. The number of hydrogen-bond acceptors (Lipinski definition) is 3. The van der Waals surface area contributed by atoms with Crippen LogP contribution in [0.15, 0.2) is 24.3 Å². The smallest absolute Gasteiger partial charge is 0.123 e. The van der Waals surface area contributed by atoms with Crippen molar-refractivity contribution in [1.29, 1.82) is 0 Å². The first-order valence-electron chi connectivity index (χ1n) is 6.56. The fraction of sp³-hybridized carbons (Fsp3) is 0.600. The zero-order chi connectivity index (χ0) is 13.5. The molecule has 2 atom stereocenters. The third kappa shape index (κ3) is 4.00. The summed E-state index contributed by atoms with van der Waals surface area (Å²) < 4.78 is 5.39. The minimum Gasteiger partial charge on any atom is -0.496 e. The lowest BCUT2D eigenvalue weighted by molar-refractivity contribution is 0.188. The number of hydrogen-bond donors (Lipinski definition) is 1. The molecule has 3 nitrogen and oxygen atoms in total. The first kappa shape index (κ1) is 15.0. The molecule has 0 amide bonds. The van der Waals surface area contributed by atoms with Crippen molar-refractivity contribution in [3.05, 3.63) is 29.8 Å². The maximum absolute atomic E-state index is 5.39. The van der Waals surface area contributed by atoms with Gasteiger partial charge in [-0.15, -0.1) is 0 Å². The maximum atomic E-state index is 5.39. The second kappa shape index (κ2) is 7.39. The molecule has 0 aliphatic rings. The van der Waals surface area contributed by atoms with E-state index < -0.39 is 0 Å². The van der Waals surface area contributed by atoms with E-state index in [0.717, 1.165) is 18.8 Å². The van der Waals surface area contributed by atoms with E-state index >= 15 is 0 Å². The van der Waals surface area contributed by atoms with Crippen molar-refractivity contribution in [3.8, 4) is 5.75 Å². The van der Waals surface area contributed by atoms with Crippen molar-refractivity contribution in [1.82, 2.24) is 10.2 Å². The van der Waals surface area contributed by atoms with Gasteiger partial charge in [0, 0.05) is 18.2 Å². The number of benzene rings is 1. The Bertz CT molecular complexity index is 354. The molecule has 0 aliphatic heterocycles. The molecule has 102 valence electrons. The van der Waals surface area contributed by atoms with Crippen LogP contribution in [0.25, 0.3) is 0 Å². The molecule has 0 saturated heterocycles. The van der Waals surface area contributed by atoms with Crippen LogP contribution >= 0.6 is 0 Å². The van der Waals surface area contributed by atoms with E-state index in [2.05, 4.69) is 43.2 Å². The Kier molecular flexibility index (Phi) is 6.16. The van der Waals surface area contributed by atoms with Crippen LogP contribution in [-0.4, -0.2) is 38.7 Å². The number of ether oxygens (including phenoxy) is 1. The largest absolute Gasteiger partial charge is 0.496 e. The molecular weight excluding hydrogens is 224 g/mol. The Morgan fingerprint density at radius 2 is 1.94 bits per heavy atom. The Balaban J connectivity index is 2.65. The first-order valence-corrected chi connectivity index (χ1v) is 6.56. The summed E-state index contributed by atoms with van der Waals surface area (Å²) in [6.45, 7) is 6.51. The molecule has 2 unspecified atom stereocenters. The van der Waals surface area contributed by atoms with Crippen LogP contribution in [0.1, 0.15) is 19.4 Å². The van der Waals surface area contributed by atoms with Crippen LogP contribution in [0, 0.1) is 5.92 Å². The van der Waals surface area contributed by atoms with Gasteiger partial charge >= 0.3 is 0 Å². The third-order valence-electron chi connectivity index (χ3n) is 3.66. The quantitative estimate of drug-likeness (QED) is 0.804. The number of para-hydroxylation sites is 1. The van der Waals surface area contributed by atoms with Gasteiger partial charge in [0.15, 0.2) is 0 Å². The summed E-state index contributed by atoms with van der Waals surface area (Å²) in [5, 5.41) is 3.24. The van der Waals surface area contributed by atoms with Gasteiger partial charge in [0.05, 0.1) is 7.11 Å². The molecule has 0 spiro atoms. The first-order chi connectivity index (χ1) is 8.60. The van der Waals surface area contributed by atoms with Gasteiger partial charge in [-0.3, -0.25) is 4.90 Å².